The lowest BCUT2D eigenvalue weighted by Crippen LogP contribution is -2.55. The average molecular weight is 471 g/mol. The molecule has 4 amide bonds. The fourth-order valence-electron chi connectivity index (χ4n) is 3.77. The number of nitrogens with one attached hydrogen (secondary N) is 3. The van der Waals surface area contributed by atoms with Crippen molar-refractivity contribution in [2.24, 2.45) is 11.8 Å². The van der Waals surface area contributed by atoms with Gasteiger partial charge in [-0.2, -0.15) is 0 Å². The Hall–Kier alpha value is -2.87. The summed E-state index contributed by atoms with van der Waals surface area (Å²) < 4.78 is 0. The molecule has 3 N–H and O–H groups in total. The molecule has 8 heteroatoms. The number of aryl methyl sites for hydroxylation is 1. The second-order valence-electron chi connectivity index (χ2n) is 9.09. The number of anilines is 1. The molecule has 0 saturated carbocycles. The van der Waals surface area contributed by atoms with E-state index >= 15 is 0 Å². The van der Waals surface area contributed by atoms with Gasteiger partial charge in [0.2, 0.25) is 5.91 Å². The van der Waals surface area contributed by atoms with Gasteiger partial charge in [-0.05, 0) is 62.1 Å². The van der Waals surface area contributed by atoms with Gasteiger partial charge in [0.1, 0.15) is 6.04 Å². The van der Waals surface area contributed by atoms with Crippen molar-refractivity contribution in [1.29, 1.82) is 0 Å². The standard InChI is InChI=1S/C25H34N4O3S/c1-16(2)18(4)26-24(31)22(28-23(30)21-6-5-15-33-21)19-11-13-29(14-12-19)25(32)27-20-9-7-17(3)8-10-20/h5-10,15-16,18-19,22H,11-14H2,1-4H3,(H,26,31)(H,27,32)(H,28,30)/t18-,22-/m0/s1. The molecule has 178 valence electrons. The smallest absolute Gasteiger partial charge is 0.321 e. The fourth-order valence-corrected chi connectivity index (χ4v) is 4.40. The molecule has 0 bridgehead atoms. The number of likely N-dealkylation sites (tertiary alicyclic amines) is 1. The van der Waals surface area contributed by atoms with Gasteiger partial charge < -0.3 is 20.9 Å². The molecule has 33 heavy (non-hydrogen) atoms. The van der Waals surface area contributed by atoms with Crippen molar-refractivity contribution >= 4 is 34.9 Å². The molecule has 0 aliphatic carbocycles. The fraction of sp³-hybridized carbons (Fsp3) is 0.480. The summed E-state index contributed by atoms with van der Waals surface area (Å²) in [4.78, 5) is 40.9. The number of carbonyl (C=O) groups excluding carboxylic acids is 3. The quantitative estimate of drug-likeness (QED) is 0.565. The number of nitrogens with zero attached hydrogens (tertiary/aromatic N) is 1. The Labute approximate surface area is 199 Å². The molecule has 1 aromatic heterocycles. The number of urea groups is 1. The summed E-state index contributed by atoms with van der Waals surface area (Å²) in [5, 5.41) is 10.8. The molecule has 7 nitrogen and oxygen atoms in total. The average Bonchev–Trinajstić information content (AvgIpc) is 3.34. The maximum Gasteiger partial charge on any atom is 0.321 e. The molecule has 2 atom stereocenters. The second kappa shape index (κ2) is 11.3. The molecule has 1 aromatic carbocycles. The van der Waals surface area contributed by atoms with Crippen LogP contribution in [0, 0.1) is 18.8 Å². The van der Waals surface area contributed by atoms with Crippen LogP contribution in [0.15, 0.2) is 41.8 Å². The maximum atomic E-state index is 13.1. The molecule has 3 rings (SSSR count). The van der Waals surface area contributed by atoms with Gasteiger partial charge in [0.05, 0.1) is 4.88 Å². The van der Waals surface area contributed by atoms with Gasteiger partial charge in [-0.1, -0.05) is 37.6 Å². The first-order chi connectivity index (χ1) is 15.7. The van der Waals surface area contributed by atoms with Crippen LogP contribution >= 0.6 is 11.3 Å². The lowest BCUT2D eigenvalue weighted by molar-refractivity contribution is -0.125. The first-order valence-electron chi connectivity index (χ1n) is 11.5. The van der Waals surface area contributed by atoms with Crippen molar-refractivity contribution in [3.05, 3.63) is 52.2 Å². The number of thiophene rings is 1. The van der Waals surface area contributed by atoms with Crippen LogP contribution < -0.4 is 16.0 Å². The van der Waals surface area contributed by atoms with E-state index in [0.29, 0.717) is 30.8 Å². The van der Waals surface area contributed by atoms with Gasteiger partial charge in [-0.15, -0.1) is 11.3 Å². The molecular formula is C25H34N4O3S. The minimum absolute atomic E-state index is 0.000911. The Kier molecular flexibility index (Phi) is 8.49. The Morgan fingerprint density at radius 3 is 2.24 bits per heavy atom. The zero-order valence-electron chi connectivity index (χ0n) is 19.8. The number of amides is 4. The largest absolute Gasteiger partial charge is 0.352 e. The van der Waals surface area contributed by atoms with Crippen molar-refractivity contribution in [2.45, 2.75) is 52.6 Å². The van der Waals surface area contributed by atoms with Gasteiger partial charge in [-0.25, -0.2) is 4.79 Å². The van der Waals surface area contributed by atoms with Gasteiger partial charge in [0, 0.05) is 24.8 Å². The summed E-state index contributed by atoms with van der Waals surface area (Å²) in [7, 11) is 0. The van der Waals surface area contributed by atoms with E-state index < -0.39 is 6.04 Å². The predicted molar refractivity (Wildman–Crippen MR) is 133 cm³/mol. The highest BCUT2D eigenvalue weighted by atomic mass is 32.1. The van der Waals surface area contributed by atoms with Crippen LogP contribution in [0.5, 0.6) is 0 Å². The molecular weight excluding hydrogens is 436 g/mol. The van der Waals surface area contributed by atoms with Gasteiger partial charge in [-0.3, -0.25) is 9.59 Å². The summed E-state index contributed by atoms with van der Waals surface area (Å²) >= 11 is 1.35. The van der Waals surface area contributed by atoms with Crippen LogP contribution in [0.3, 0.4) is 0 Å². The predicted octanol–water partition coefficient (Wildman–Crippen LogP) is 4.26. The minimum Gasteiger partial charge on any atom is -0.352 e. The molecule has 2 aromatic rings. The first-order valence-corrected chi connectivity index (χ1v) is 12.4. The van der Waals surface area contributed by atoms with E-state index in [1.54, 1.807) is 11.0 Å². The van der Waals surface area contributed by atoms with Crippen molar-refractivity contribution in [1.82, 2.24) is 15.5 Å². The van der Waals surface area contributed by atoms with Crippen molar-refractivity contribution in [3.63, 3.8) is 0 Å². The molecule has 0 spiro atoms. The third-order valence-electron chi connectivity index (χ3n) is 6.29. The Morgan fingerprint density at radius 1 is 1.00 bits per heavy atom. The van der Waals surface area contributed by atoms with Gasteiger partial charge in [0.25, 0.3) is 5.91 Å². The highest BCUT2D eigenvalue weighted by Gasteiger charge is 2.34. The number of hydrogen-bond donors (Lipinski definition) is 3. The summed E-state index contributed by atoms with van der Waals surface area (Å²) in [5.41, 5.74) is 1.89. The monoisotopic (exact) mass is 470 g/mol. The van der Waals surface area contributed by atoms with E-state index in [-0.39, 0.29) is 35.7 Å². The molecule has 0 radical (unpaired) electrons. The SMILES string of the molecule is Cc1ccc(NC(=O)N2CCC([C@H](NC(=O)c3cccs3)C(=O)N[C@@H](C)C(C)C)CC2)cc1. The van der Waals surface area contributed by atoms with Crippen LogP contribution in [0.1, 0.15) is 48.8 Å². The zero-order chi connectivity index (χ0) is 24.0. The molecule has 1 aliphatic rings. The Morgan fingerprint density at radius 2 is 1.67 bits per heavy atom. The van der Waals surface area contributed by atoms with E-state index in [4.69, 9.17) is 0 Å². The van der Waals surface area contributed by atoms with Gasteiger partial charge >= 0.3 is 6.03 Å². The lowest BCUT2D eigenvalue weighted by Gasteiger charge is -2.36. The summed E-state index contributed by atoms with van der Waals surface area (Å²) in [6.45, 7) is 9.13. The van der Waals surface area contributed by atoms with Crippen molar-refractivity contribution < 1.29 is 14.4 Å². The van der Waals surface area contributed by atoms with Gasteiger partial charge in [0.15, 0.2) is 0 Å². The summed E-state index contributed by atoms with van der Waals surface area (Å²) in [6, 6.07) is 10.5. The number of carbonyl (C=O) groups is 3. The van der Waals surface area contributed by atoms with Crippen molar-refractivity contribution in [2.75, 3.05) is 18.4 Å². The number of benzene rings is 1. The van der Waals surface area contributed by atoms with E-state index in [9.17, 15) is 14.4 Å². The minimum atomic E-state index is -0.636. The van der Waals surface area contributed by atoms with Crippen LogP contribution in [-0.4, -0.2) is 47.9 Å². The van der Waals surface area contributed by atoms with Crippen molar-refractivity contribution in [3.8, 4) is 0 Å². The van der Waals surface area contributed by atoms with E-state index in [1.807, 2.05) is 49.6 Å². The van der Waals surface area contributed by atoms with Crippen LogP contribution in [0.2, 0.25) is 0 Å². The number of hydrogen-bond acceptors (Lipinski definition) is 4. The highest BCUT2D eigenvalue weighted by molar-refractivity contribution is 7.12. The second-order valence-corrected chi connectivity index (χ2v) is 10.0. The van der Waals surface area contributed by atoms with Crippen LogP contribution in [-0.2, 0) is 4.79 Å². The molecule has 1 saturated heterocycles. The van der Waals surface area contributed by atoms with E-state index in [1.165, 1.54) is 11.3 Å². The zero-order valence-corrected chi connectivity index (χ0v) is 20.6. The lowest BCUT2D eigenvalue weighted by atomic mass is 9.88. The number of rotatable bonds is 7. The molecule has 2 heterocycles. The first kappa shape index (κ1) is 24.8. The van der Waals surface area contributed by atoms with Crippen LogP contribution in [0.4, 0.5) is 10.5 Å². The maximum absolute atomic E-state index is 13.1. The number of piperidine rings is 1. The summed E-state index contributed by atoms with van der Waals surface area (Å²) in [5.74, 6) is -0.155. The van der Waals surface area contributed by atoms with E-state index in [0.717, 1.165) is 11.3 Å². The summed E-state index contributed by atoms with van der Waals surface area (Å²) in [6.07, 6.45) is 1.28. The Balaban J connectivity index is 1.63. The third-order valence-corrected chi connectivity index (χ3v) is 7.15. The third kappa shape index (κ3) is 6.81. The molecule has 1 fully saturated rings. The van der Waals surface area contributed by atoms with E-state index in [2.05, 4.69) is 29.8 Å². The van der Waals surface area contributed by atoms with Crippen LogP contribution in [0.25, 0.3) is 0 Å². The Bertz CT molecular complexity index is 935. The topological polar surface area (TPSA) is 90.5 Å². The molecule has 1 aliphatic heterocycles. The highest BCUT2D eigenvalue weighted by Crippen LogP contribution is 2.23. The normalized spacial score (nSPS) is 16.2. The molecule has 0 unspecified atom stereocenters.